The molecule has 122 valence electrons. The third kappa shape index (κ3) is 3.39. The summed E-state index contributed by atoms with van der Waals surface area (Å²) in [5.74, 6) is -0.0270. The molecule has 0 saturated heterocycles. The number of nitro groups is 1. The fourth-order valence-electron chi connectivity index (χ4n) is 2.37. The van der Waals surface area contributed by atoms with E-state index in [9.17, 15) is 15.4 Å². The summed E-state index contributed by atoms with van der Waals surface area (Å²) in [6.45, 7) is 3.44. The molecule has 0 unspecified atom stereocenters. The largest absolute Gasteiger partial charge is 0.480 e. The Labute approximate surface area is 144 Å². The number of hydrogen-bond donors (Lipinski definition) is 0. The van der Waals surface area contributed by atoms with Crippen molar-refractivity contribution >= 4 is 11.8 Å². The van der Waals surface area contributed by atoms with E-state index in [-0.39, 0.29) is 22.6 Å². The van der Waals surface area contributed by atoms with E-state index in [4.69, 9.17) is 15.3 Å². The van der Waals surface area contributed by atoms with Gasteiger partial charge in [0.05, 0.1) is 4.92 Å². The smallest absolute Gasteiger partial charge is 0.269 e. The van der Waals surface area contributed by atoms with Crippen molar-refractivity contribution in [3.8, 4) is 18.2 Å². The maximum absolute atomic E-state index is 10.7. The Morgan fingerprint density at radius 3 is 2.24 bits per heavy atom. The van der Waals surface area contributed by atoms with Crippen molar-refractivity contribution in [3.05, 3.63) is 68.5 Å². The highest BCUT2D eigenvalue weighted by Gasteiger charge is 2.38. The van der Waals surface area contributed by atoms with Crippen molar-refractivity contribution in [2.24, 2.45) is 0 Å². The van der Waals surface area contributed by atoms with E-state index in [1.54, 1.807) is 50.3 Å². The van der Waals surface area contributed by atoms with E-state index >= 15 is 0 Å². The van der Waals surface area contributed by atoms with Gasteiger partial charge in [-0.05, 0) is 31.5 Å². The number of benzene rings is 1. The molecule has 0 radical (unpaired) electrons. The maximum atomic E-state index is 10.7. The van der Waals surface area contributed by atoms with Crippen LogP contribution in [0.15, 0.2) is 52.8 Å². The van der Waals surface area contributed by atoms with Crippen molar-refractivity contribution < 1.29 is 9.66 Å². The maximum Gasteiger partial charge on any atom is 0.269 e. The topological polar surface area (TPSA) is 124 Å². The fourth-order valence-corrected chi connectivity index (χ4v) is 2.37. The Morgan fingerprint density at radius 2 is 1.76 bits per heavy atom. The molecule has 0 aromatic heterocycles. The number of rotatable bonds is 3. The molecule has 0 bridgehead atoms. The minimum absolute atomic E-state index is 0.0171. The van der Waals surface area contributed by atoms with E-state index in [0.717, 1.165) is 0 Å². The van der Waals surface area contributed by atoms with Crippen LogP contribution in [0.1, 0.15) is 19.4 Å². The average Bonchev–Trinajstić information content (AvgIpc) is 2.84. The highest BCUT2D eigenvalue weighted by Crippen LogP contribution is 2.40. The van der Waals surface area contributed by atoms with Gasteiger partial charge in [-0.15, -0.1) is 0 Å². The molecule has 0 aliphatic carbocycles. The standard InChI is InChI=1S/C18H12N4O3/c1-18(2)16(15(11-21)17(25-18)13(9-19)10-20)8-5-12-3-6-14(7-4-12)22(23)24/h3-8H,1-2H3/b8-5+. The van der Waals surface area contributed by atoms with Crippen LogP contribution in [-0.2, 0) is 4.74 Å². The van der Waals surface area contributed by atoms with E-state index in [2.05, 4.69) is 0 Å². The number of hydrogen-bond acceptors (Lipinski definition) is 6. The second-order valence-electron chi connectivity index (χ2n) is 5.62. The van der Waals surface area contributed by atoms with Gasteiger partial charge < -0.3 is 4.74 Å². The third-order valence-electron chi connectivity index (χ3n) is 3.61. The molecule has 1 aliphatic rings. The summed E-state index contributed by atoms with van der Waals surface area (Å²) in [6, 6.07) is 11.4. The van der Waals surface area contributed by atoms with Crippen LogP contribution in [-0.4, -0.2) is 10.5 Å². The second-order valence-corrected chi connectivity index (χ2v) is 5.62. The second kappa shape index (κ2) is 6.70. The molecular weight excluding hydrogens is 320 g/mol. The number of allylic oxidation sites excluding steroid dienone is 2. The van der Waals surface area contributed by atoms with E-state index in [0.29, 0.717) is 11.1 Å². The summed E-state index contributed by atoms with van der Waals surface area (Å²) in [4.78, 5) is 10.2. The molecule has 0 fully saturated rings. The van der Waals surface area contributed by atoms with Crippen LogP contribution in [0.3, 0.4) is 0 Å². The third-order valence-corrected chi connectivity index (χ3v) is 3.61. The van der Waals surface area contributed by atoms with Crippen molar-refractivity contribution in [2.75, 3.05) is 0 Å². The van der Waals surface area contributed by atoms with Crippen molar-refractivity contribution in [3.63, 3.8) is 0 Å². The normalized spacial score (nSPS) is 15.2. The summed E-state index contributed by atoms with van der Waals surface area (Å²) in [6.07, 6.45) is 3.34. The zero-order valence-electron chi connectivity index (χ0n) is 13.5. The van der Waals surface area contributed by atoms with E-state index in [1.807, 2.05) is 6.07 Å². The van der Waals surface area contributed by atoms with Gasteiger partial charge in [-0.2, -0.15) is 15.8 Å². The van der Waals surface area contributed by atoms with Crippen molar-refractivity contribution in [1.82, 2.24) is 0 Å². The zero-order valence-corrected chi connectivity index (χ0v) is 13.5. The van der Waals surface area contributed by atoms with Crippen LogP contribution in [0.25, 0.3) is 6.08 Å². The summed E-state index contributed by atoms with van der Waals surface area (Å²) in [7, 11) is 0. The zero-order chi connectivity index (χ0) is 18.6. The Balaban J connectivity index is 2.48. The molecule has 7 nitrogen and oxygen atoms in total. The van der Waals surface area contributed by atoms with Gasteiger partial charge in [0.2, 0.25) is 0 Å². The van der Waals surface area contributed by atoms with E-state index in [1.165, 1.54) is 12.1 Å². The first kappa shape index (κ1) is 17.5. The molecule has 0 atom stereocenters. The quantitative estimate of drug-likeness (QED) is 0.473. The first-order valence-corrected chi connectivity index (χ1v) is 7.15. The van der Waals surface area contributed by atoms with Crippen LogP contribution >= 0.6 is 0 Å². The van der Waals surface area contributed by atoms with Gasteiger partial charge in [0.1, 0.15) is 29.4 Å². The predicted octanol–water partition coefficient (Wildman–Crippen LogP) is 3.54. The molecule has 1 aromatic rings. The summed E-state index contributed by atoms with van der Waals surface area (Å²) >= 11 is 0. The molecule has 1 heterocycles. The van der Waals surface area contributed by atoms with Crippen molar-refractivity contribution in [1.29, 1.82) is 15.8 Å². The molecular formula is C18H12N4O3. The van der Waals surface area contributed by atoms with Gasteiger partial charge in [0.15, 0.2) is 11.3 Å². The summed E-state index contributed by atoms with van der Waals surface area (Å²) < 4.78 is 5.65. The summed E-state index contributed by atoms with van der Waals surface area (Å²) in [5.41, 5.74) is 0.174. The van der Waals surface area contributed by atoms with Crippen LogP contribution < -0.4 is 0 Å². The first-order valence-electron chi connectivity index (χ1n) is 7.15. The van der Waals surface area contributed by atoms with Crippen molar-refractivity contribution in [2.45, 2.75) is 19.4 Å². The minimum atomic E-state index is -0.892. The first-order chi connectivity index (χ1) is 11.8. The molecule has 25 heavy (non-hydrogen) atoms. The van der Waals surface area contributed by atoms with Gasteiger partial charge in [0, 0.05) is 17.7 Å². The Hall–Kier alpha value is -3.89. The van der Waals surface area contributed by atoms with E-state index < -0.39 is 10.5 Å². The number of nitro benzene ring substituents is 1. The van der Waals surface area contributed by atoms with Crippen LogP contribution in [0.2, 0.25) is 0 Å². The van der Waals surface area contributed by atoms with Gasteiger partial charge in [-0.25, -0.2) is 0 Å². The fraction of sp³-hybridized carbons (Fsp3) is 0.167. The Morgan fingerprint density at radius 1 is 1.16 bits per heavy atom. The molecule has 0 saturated carbocycles. The Kier molecular flexibility index (Phi) is 4.68. The lowest BCUT2D eigenvalue weighted by Crippen LogP contribution is -2.20. The SMILES string of the molecule is CC1(C)OC(=C(C#N)C#N)C(C#N)=C1/C=C/c1ccc([N+](=O)[O-])cc1. The minimum Gasteiger partial charge on any atom is -0.480 e. The molecule has 2 rings (SSSR count). The van der Waals surface area contributed by atoms with Crippen LogP contribution in [0.5, 0.6) is 0 Å². The number of nitrogens with zero attached hydrogens (tertiary/aromatic N) is 4. The number of non-ortho nitro benzene ring substituents is 1. The monoisotopic (exact) mass is 332 g/mol. The number of ether oxygens (including phenoxy) is 1. The molecule has 0 spiro atoms. The lowest BCUT2D eigenvalue weighted by atomic mass is 9.94. The van der Waals surface area contributed by atoms with Gasteiger partial charge in [0.25, 0.3) is 5.69 Å². The highest BCUT2D eigenvalue weighted by atomic mass is 16.6. The lowest BCUT2D eigenvalue weighted by molar-refractivity contribution is -0.384. The molecule has 1 aliphatic heterocycles. The molecule has 7 heteroatoms. The van der Waals surface area contributed by atoms with Crippen LogP contribution in [0, 0.1) is 44.1 Å². The highest BCUT2D eigenvalue weighted by molar-refractivity contribution is 5.64. The average molecular weight is 332 g/mol. The Bertz CT molecular complexity index is 930. The van der Waals surface area contributed by atoms with Gasteiger partial charge >= 0.3 is 0 Å². The van der Waals surface area contributed by atoms with Gasteiger partial charge in [-0.3, -0.25) is 10.1 Å². The van der Waals surface area contributed by atoms with Crippen LogP contribution in [0.4, 0.5) is 5.69 Å². The predicted molar refractivity (Wildman–Crippen MR) is 88.2 cm³/mol. The molecule has 0 N–H and O–H groups in total. The molecule has 0 amide bonds. The molecule has 1 aromatic carbocycles. The lowest BCUT2D eigenvalue weighted by Gasteiger charge is -2.20. The summed E-state index contributed by atoms with van der Waals surface area (Å²) in [5, 5.41) is 38.1. The van der Waals surface area contributed by atoms with Gasteiger partial charge in [-0.1, -0.05) is 12.2 Å². The number of nitriles is 3.